The number of nitrogens with zero attached hydrogens (tertiary/aromatic N) is 1. The van der Waals surface area contributed by atoms with Crippen LogP contribution in [0, 0.1) is 0 Å². The van der Waals surface area contributed by atoms with Crippen LogP contribution in [0.15, 0.2) is 72.8 Å². The molecule has 3 aromatic rings. The summed E-state index contributed by atoms with van der Waals surface area (Å²) in [7, 11) is 4.56. The maximum absolute atomic E-state index is 13.0. The highest BCUT2D eigenvalue weighted by Crippen LogP contribution is 2.38. The molecule has 0 aromatic heterocycles. The van der Waals surface area contributed by atoms with Crippen LogP contribution >= 0.6 is 0 Å². The highest BCUT2D eigenvalue weighted by molar-refractivity contribution is 5.96. The summed E-state index contributed by atoms with van der Waals surface area (Å²) in [5.41, 5.74) is 5.32. The van der Waals surface area contributed by atoms with E-state index in [1.807, 2.05) is 60.7 Å². The van der Waals surface area contributed by atoms with Gasteiger partial charge in [0.2, 0.25) is 5.75 Å². The van der Waals surface area contributed by atoms with E-state index < -0.39 is 0 Å². The molecule has 0 spiro atoms. The Morgan fingerprint density at radius 2 is 1.38 bits per heavy atom. The van der Waals surface area contributed by atoms with Crippen LogP contribution < -0.4 is 24.6 Å². The third-order valence-corrected chi connectivity index (χ3v) is 4.41. The number of amides is 1. The first kappa shape index (κ1) is 20.1. The quantitative estimate of drug-likeness (QED) is 0.586. The van der Waals surface area contributed by atoms with Crippen molar-refractivity contribution in [2.24, 2.45) is 0 Å². The van der Waals surface area contributed by atoms with Crippen LogP contribution in [0.5, 0.6) is 17.2 Å². The number of carbonyl (C=O) groups is 1. The van der Waals surface area contributed by atoms with Crippen molar-refractivity contribution in [1.29, 1.82) is 0 Å². The molecule has 0 bridgehead atoms. The van der Waals surface area contributed by atoms with E-state index in [4.69, 9.17) is 14.2 Å². The van der Waals surface area contributed by atoms with Crippen molar-refractivity contribution in [2.45, 2.75) is 6.54 Å². The van der Waals surface area contributed by atoms with Gasteiger partial charge >= 0.3 is 0 Å². The summed E-state index contributed by atoms with van der Waals surface area (Å²) in [5, 5.41) is 1.81. The smallest absolute Gasteiger partial charge is 0.270 e. The average molecular weight is 392 g/mol. The van der Waals surface area contributed by atoms with Gasteiger partial charge in [-0.1, -0.05) is 48.5 Å². The van der Waals surface area contributed by atoms with Crippen molar-refractivity contribution in [3.63, 3.8) is 0 Å². The van der Waals surface area contributed by atoms with E-state index in [1.54, 1.807) is 17.1 Å². The summed E-state index contributed by atoms with van der Waals surface area (Å²) in [6, 6.07) is 22.9. The summed E-state index contributed by atoms with van der Waals surface area (Å²) in [5.74, 6) is 0.998. The second-order valence-corrected chi connectivity index (χ2v) is 6.26. The second-order valence-electron chi connectivity index (χ2n) is 6.26. The Hall–Kier alpha value is -3.67. The molecule has 3 aromatic carbocycles. The van der Waals surface area contributed by atoms with E-state index in [0.717, 1.165) is 11.3 Å². The molecule has 0 radical (unpaired) electrons. The third-order valence-electron chi connectivity index (χ3n) is 4.41. The molecule has 3 rings (SSSR count). The minimum Gasteiger partial charge on any atom is -0.493 e. The van der Waals surface area contributed by atoms with Crippen LogP contribution in [0.1, 0.15) is 15.9 Å². The standard InChI is InChI=1S/C23H24N2O4/c1-27-20-14-18(15-21(28-2)22(20)29-3)23(26)24-25(19-12-8-5-9-13-19)16-17-10-6-4-7-11-17/h4-15H,16H2,1-3H3,(H,24,26). The van der Waals surface area contributed by atoms with Gasteiger partial charge in [0.25, 0.3) is 5.91 Å². The Balaban J connectivity index is 1.90. The molecule has 6 nitrogen and oxygen atoms in total. The molecule has 0 atom stereocenters. The predicted octanol–water partition coefficient (Wildman–Crippen LogP) is 4.06. The normalized spacial score (nSPS) is 10.2. The van der Waals surface area contributed by atoms with Gasteiger partial charge in [-0.25, -0.2) is 0 Å². The summed E-state index contributed by atoms with van der Waals surface area (Å²) < 4.78 is 16.0. The zero-order valence-corrected chi connectivity index (χ0v) is 16.7. The van der Waals surface area contributed by atoms with Crippen molar-refractivity contribution >= 4 is 11.6 Å². The zero-order valence-electron chi connectivity index (χ0n) is 16.7. The van der Waals surface area contributed by atoms with Gasteiger partial charge in [0.05, 0.1) is 33.6 Å². The summed E-state index contributed by atoms with van der Waals surface area (Å²) >= 11 is 0. The molecule has 1 amide bonds. The molecule has 0 heterocycles. The second kappa shape index (κ2) is 9.50. The van der Waals surface area contributed by atoms with Crippen LogP contribution in [0.3, 0.4) is 0 Å². The molecule has 0 aliphatic rings. The topological polar surface area (TPSA) is 60.0 Å². The largest absolute Gasteiger partial charge is 0.493 e. The molecular weight excluding hydrogens is 368 g/mol. The molecule has 0 fully saturated rings. The number of hydrogen-bond donors (Lipinski definition) is 1. The van der Waals surface area contributed by atoms with Crippen molar-refractivity contribution in [2.75, 3.05) is 26.3 Å². The number of benzene rings is 3. The molecule has 29 heavy (non-hydrogen) atoms. The van der Waals surface area contributed by atoms with Crippen molar-refractivity contribution < 1.29 is 19.0 Å². The predicted molar refractivity (Wildman–Crippen MR) is 113 cm³/mol. The Bertz CT molecular complexity index is 921. The molecule has 0 aliphatic heterocycles. The molecule has 0 saturated carbocycles. The molecule has 0 aliphatic carbocycles. The Morgan fingerprint density at radius 1 is 0.828 bits per heavy atom. The van der Waals surface area contributed by atoms with Crippen molar-refractivity contribution in [1.82, 2.24) is 5.43 Å². The minimum absolute atomic E-state index is 0.288. The first-order valence-electron chi connectivity index (χ1n) is 9.13. The molecule has 150 valence electrons. The van der Waals surface area contributed by atoms with E-state index in [2.05, 4.69) is 5.43 Å². The lowest BCUT2D eigenvalue weighted by molar-refractivity contribution is 0.0947. The maximum atomic E-state index is 13.0. The van der Waals surface area contributed by atoms with Gasteiger partial charge in [-0.15, -0.1) is 0 Å². The number of methoxy groups -OCH3 is 3. The van der Waals surface area contributed by atoms with Gasteiger partial charge < -0.3 is 14.2 Å². The van der Waals surface area contributed by atoms with Crippen LogP contribution in [-0.4, -0.2) is 27.2 Å². The fourth-order valence-corrected chi connectivity index (χ4v) is 2.97. The van der Waals surface area contributed by atoms with Gasteiger partial charge in [0.15, 0.2) is 11.5 Å². The van der Waals surface area contributed by atoms with E-state index in [0.29, 0.717) is 29.4 Å². The number of rotatable bonds is 8. The van der Waals surface area contributed by atoms with Gasteiger partial charge in [0.1, 0.15) is 0 Å². The first-order chi connectivity index (χ1) is 14.2. The fourth-order valence-electron chi connectivity index (χ4n) is 2.97. The number of hydrogen-bond acceptors (Lipinski definition) is 5. The van der Waals surface area contributed by atoms with E-state index in [1.165, 1.54) is 21.3 Å². The summed E-state index contributed by atoms with van der Waals surface area (Å²) in [6.07, 6.45) is 0. The molecular formula is C23H24N2O4. The summed E-state index contributed by atoms with van der Waals surface area (Å²) in [6.45, 7) is 0.515. The van der Waals surface area contributed by atoms with Gasteiger partial charge in [-0.05, 0) is 29.8 Å². The molecule has 0 saturated heterocycles. The van der Waals surface area contributed by atoms with Gasteiger partial charge in [-0.3, -0.25) is 15.2 Å². The number of ether oxygens (including phenoxy) is 3. The Morgan fingerprint density at radius 3 is 1.90 bits per heavy atom. The first-order valence-corrected chi connectivity index (χ1v) is 9.13. The van der Waals surface area contributed by atoms with E-state index in [-0.39, 0.29) is 5.91 Å². The number of carbonyl (C=O) groups excluding carboxylic acids is 1. The lowest BCUT2D eigenvalue weighted by Crippen LogP contribution is -2.42. The van der Waals surface area contributed by atoms with E-state index in [9.17, 15) is 4.79 Å². The van der Waals surface area contributed by atoms with E-state index >= 15 is 0 Å². The van der Waals surface area contributed by atoms with Crippen LogP contribution in [-0.2, 0) is 6.54 Å². The number of para-hydroxylation sites is 1. The fraction of sp³-hybridized carbons (Fsp3) is 0.174. The summed E-state index contributed by atoms with van der Waals surface area (Å²) in [4.78, 5) is 13.0. The van der Waals surface area contributed by atoms with Gasteiger partial charge in [0, 0.05) is 5.56 Å². The highest BCUT2D eigenvalue weighted by Gasteiger charge is 2.19. The zero-order chi connectivity index (χ0) is 20.6. The number of hydrazine groups is 1. The van der Waals surface area contributed by atoms with Crippen LogP contribution in [0.2, 0.25) is 0 Å². The molecule has 1 N–H and O–H groups in total. The highest BCUT2D eigenvalue weighted by atomic mass is 16.5. The molecule has 6 heteroatoms. The van der Waals surface area contributed by atoms with Crippen LogP contribution in [0.4, 0.5) is 5.69 Å². The SMILES string of the molecule is COc1cc(C(=O)NN(Cc2ccccc2)c2ccccc2)cc(OC)c1OC. The molecule has 0 unspecified atom stereocenters. The number of anilines is 1. The average Bonchev–Trinajstić information content (AvgIpc) is 2.78. The Labute approximate surface area is 170 Å². The maximum Gasteiger partial charge on any atom is 0.270 e. The van der Waals surface area contributed by atoms with Crippen molar-refractivity contribution in [3.8, 4) is 17.2 Å². The number of nitrogens with one attached hydrogen (secondary N) is 1. The van der Waals surface area contributed by atoms with Crippen LogP contribution in [0.25, 0.3) is 0 Å². The lowest BCUT2D eigenvalue weighted by atomic mass is 10.1. The van der Waals surface area contributed by atoms with Gasteiger partial charge in [-0.2, -0.15) is 0 Å². The third kappa shape index (κ3) is 4.79. The Kier molecular flexibility index (Phi) is 6.58. The monoisotopic (exact) mass is 392 g/mol. The van der Waals surface area contributed by atoms with Crippen molar-refractivity contribution in [3.05, 3.63) is 83.9 Å². The minimum atomic E-state index is -0.288. The lowest BCUT2D eigenvalue weighted by Gasteiger charge is -2.26.